The third kappa shape index (κ3) is 2.88. The zero-order chi connectivity index (χ0) is 14.8. The summed E-state index contributed by atoms with van der Waals surface area (Å²) in [5.41, 5.74) is 2.55. The second-order valence-corrected chi connectivity index (χ2v) is 6.77. The summed E-state index contributed by atoms with van der Waals surface area (Å²) in [6.07, 6.45) is 7.41. The molecule has 2 aliphatic heterocycles. The van der Waals surface area contributed by atoms with Gasteiger partial charge in [-0.25, -0.2) is 0 Å². The molecule has 3 heterocycles. The molecule has 2 fully saturated rings. The minimum absolute atomic E-state index is 0.777. The minimum atomic E-state index is 0.777. The Hall–Kier alpha value is -1.45. The van der Waals surface area contributed by atoms with Crippen molar-refractivity contribution < 1.29 is 0 Å². The summed E-state index contributed by atoms with van der Waals surface area (Å²) >= 11 is 0. The zero-order valence-corrected chi connectivity index (χ0v) is 13.2. The van der Waals surface area contributed by atoms with Crippen LogP contribution in [0.3, 0.4) is 0 Å². The molecule has 0 radical (unpaired) electrons. The van der Waals surface area contributed by atoms with E-state index in [1.165, 1.54) is 68.3 Å². The first-order valence-corrected chi connectivity index (χ1v) is 8.69. The van der Waals surface area contributed by atoms with Gasteiger partial charge in [0.05, 0.1) is 5.52 Å². The molecule has 1 unspecified atom stereocenters. The van der Waals surface area contributed by atoms with Crippen LogP contribution < -0.4 is 0 Å². The zero-order valence-electron chi connectivity index (χ0n) is 13.2. The van der Waals surface area contributed by atoms with Gasteiger partial charge in [0, 0.05) is 30.7 Å². The lowest BCUT2D eigenvalue weighted by molar-refractivity contribution is 0.111. The van der Waals surface area contributed by atoms with Crippen molar-refractivity contribution in [2.24, 2.45) is 0 Å². The number of nitrogens with zero attached hydrogens (tertiary/aromatic N) is 3. The largest absolute Gasteiger partial charge is 0.299 e. The summed E-state index contributed by atoms with van der Waals surface area (Å²) in [4.78, 5) is 9.96. The number of hydrogen-bond donors (Lipinski definition) is 0. The second-order valence-electron chi connectivity index (χ2n) is 6.77. The highest BCUT2D eigenvalue weighted by molar-refractivity contribution is 5.81. The molecule has 2 aliphatic rings. The number of fused-ring (bicyclic) bond motifs is 1. The van der Waals surface area contributed by atoms with Crippen molar-refractivity contribution in [3.63, 3.8) is 0 Å². The Morgan fingerprint density at radius 1 is 1.00 bits per heavy atom. The molecule has 116 valence electrons. The number of likely N-dealkylation sites (tertiary alicyclic amines) is 2. The summed E-state index contributed by atoms with van der Waals surface area (Å²) < 4.78 is 0. The quantitative estimate of drug-likeness (QED) is 0.866. The molecule has 2 saturated heterocycles. The number of hydrogen-bond acceptors (Lipinski definition) is 3. The van der Waals surface area contributed by atoms with Crippen LogP contribution in [0.1, 0.15) is 31.2 Å². The van der Waals surface area contributed by atoms with Gasteiger partial charge in [0.25, 0.3) is 0 Å². The predicted molar refractivity (Wildman–Crippen MR) is 90.8 cm³/mol. The van der Waals surface area contributed by atoms with Crippen molar-refractivity contribution in [1.29, 1.82) is 0 Å². The Kier molecular flexibility index (Phi) is 4.09. The van der Waals surface area contributed by atoms with Gasteiger partial charge in [-0.15, -0.1) is 0 Å². The smallest absolute Gasteiger partial charge is 0.0746 e. The SMILES string of the molecule is c1cnc2c(CN3CCCC(N4CCCC4)C3)cccc2c1. The van der Waals surface area contributed by atoms with E-state index in [-0.39, 0.29) is 0 Å². The lowest BCUT2D eigenvalue weighted by Gasteiger charge is -2.37. The lowest BCUT2D eigenvalue weighted by atomic mass is 10.0. The van der Waals surface area contributed by atoms with E-state index in [4.69, 9.17) is 0 Å². The van der Waals surface area contributed by atoms with Crippen molar-refractivity contribution in [3.05, 3.63) is 42.1 Å². The average molecular weight is 295 g/mol. The first-order valence-electron chi connectivity index (χ1n) is 8.69. The van der Waals surface area contributed by atoms with E-state index in [0.29, 0.717) is 0 Å². The number of aromatic nitrogens is 1. The first-order chi connectivity index (χ1) is 10.9. The Morgan fingerprint density at radius 3 is 2.77 bits per heavy atom. The van der Waals surface area contributed by atoms with Crippen LogP contribution in [0.5, 0.6) is 0 Å². The van der Waals surface area contributed by atoms with Crippen LogP contribution in [0, 0.1) is 0 Å². The fourth-order valence-corrected chi connectivity index (χ4v) is 4.12. The van der Waals surface area contributed by atoms with E-state index in [1.54, 1.807) is 0 Å². The average Bonchev–Trinajstić information content (AvgIpc) is 3.10. The van der Waals surface area contributed by atoms with Gasteiger partial charge >= 0.3 is 0 Å². The van der Waals surface area contributed by atoms with E-state index < -0.39 is 0 Å². The molecule has 0 N–H and O–H groups in total. The molecular weight excluding hydrogens is 270 g/mol. The maximum atomic E-state index is 4.61. The molecule has 22 heavy (non-hydrogen) atoms. The van der Waals surface area contributed by atoms with Gasteiger partial charge in [-0.1, -0.05) is 24.3 Å². The monoisotopic (exact) mass is 295 g/mol. The van der Waals surface area contributed by atoms with Crippen molar-refractivity contribution in [3.8, 4) is 0 Å². The normalized spacial score (nSPS) is 24.1. The molecule has 1 aromatic carbocycles. The van der Waals surface area contributed by atoms with Gasteiger partial charge in [-0.05, 0) is 56.9 Å². The van der Waals surface area contributed by atoms with Crippen molar-refractivity contribution in [1.82, 2.24) is 14.8 Å². The highest BCUT2D eigenvalue weighted by Gasteiger charge is 2.27. The second kappa shape index (κ2) is 6.35. The van der Waals surface area contributed by atoms with E-state index in [0.717, 1.165) is 12.6 Å². The number of rotatable bonds is 3. The van der Waals surface area contributed by atoms with E-state index in [2.05, 4.69) is 39.0 Å². The molecule has 0 saturated carbocycles. The van der Waals surface area contributed by atoms with Gasteiger partial charge in [-0.2, -0.15) is 0 Å². The molecule has 1 aromatic heterocycles. The highest BCUT2D eigenvalue weighted by atomic mass is 15.2. The molecule has 4 rings (SSSR count). The summed E-state index contributed by atoms with van der Waals surface area (Å²) in [5, 5.41) is 1.26. The van der Waals surface area contributed by atoms with Crippen LogP contribution in [0.2, 0.25) is 0 Å². The van der Waals surface area contributed by atoms with Crippen molar-refractivity contribution in [2.75, 3.05) is 26.2 Å². The van der Waals surface area contributed by atoms with Crippen LogP contribution in [0.4, 0.5) is 0 Å². The highest BCUT2D eigenvalue weighted by Crippen LogP contribution is 2.23. The first kappa shape index (κ1) is 14.2. The van der Waals surface area contributed by atoms with E-state index in [9.17, 15) is 0 Å². The summed E-state index contributed by atoms with van der Waals surface area (Å²) in [7, 11) is 0. The Labute approximate surface area is 132 Å². The van der Waals surface area contributed by atoms with Gasteiger partial charge in [-0.3, -0.25) is 14.8 Å². The van der Waals surface area contributed by atoms with Crippen molar-refractivity contribution in [2.45, 2.75) is 38.3 Å². The number of benzene rings is 1. The maximum Gasteiger partial charge on any atom is 0.0746 e. The van der Waals surface area contributed by atoms with Crippen LogP contribution in [0.25, 0.3) is 10.9 Å². The molecule has 0 amide bonds. The third-order valence-corrected chi connectivity index (χ3v) is 5.25. The minimum Gasteiger partial charge on any atom is -0.299 e. The molecule has 0 aliphatic carbocycles. The topological polar surface area (TPSA) is 19.4 Å². The van der Waals surface area contributed by atoms with E-state index >= 15 is 0 Å². The summed E-state index contributed by atoms with van der Waals surface area (Å²) in [5.74, 6) is 0. The summed E-state index contributed by atoms with van der Waals surface area (Å²) in [6, 6.07) is 11.5. The Bertz CT molecular complexity index is 628. The molecule has 1 atom stereocenters. The molecule has 0 spiro atoms. The standard InChI is InChI=1S/C19H25N3/c1-2-13-22(12-1)18-9-5-11-21(15-18)14-17-7-3-6-16-8-4-10-20-19(16)17/h3-4,6-8,10,18H,1-2,5,9,11-15H2. The fourth-order valence-electron chi connectivity index (χ4n) is 4.12. The summed E-state index contributed by atoms with van der Waals surface area (Å²) in [6.45, 7) is 6.12. The number of pyridine rings is 1. The van der Waals surface area contributed by atoms with Crippen LogP contribution in [-0.4, -0.2) is 47.0 Å². The van der Waals surface area contributed by atoms with E-state index in [1.807, 2.05) is 12.3 Å². The number of para-hydroxylation sites is 1. The van der Waals surface area contributed by atoms with Crippen LogP contribution in [-0.2, 0) is 6.54 Å². The molecular formula is C19H25N3. The molecule has 2 aromatic rings. The van der Waals surface area contributed by atoms with Gasteiger partial charge in [0.2, 0.25) is 0 Å². The van der Waals surface area contributed by atoms with Crippen LogP contribution >= 0.6 is 0 Å². The third-order valence-electron chi connectivity index (χ3n) is 5.25. The molecule has 3 nitrogen and oxygen atoms in total. The Balaban J connectivity index is 1.49. The molecule has 0 bridgehead atoms. The lowest BCUT2D eigenvalue weighted by Crippen LogP contribution is -2.46. The maximum absolute atomic E-state index is 4.61. The van der Waals surface area contributed by atoms with Gasteiger partial charge < -0.3 is 0 Å². The van der Waals surface area contributed by atoms with Crippen molar-refractivity contribution >= 4 is 10.9 Å². The van der Waals surface area contributed by atoms with Gasteiger partial charge in [0.1, 0.15) is 0 Å². The predicted octanol–water partition coefficient (Wildman–Crippen LogP) is 3.30. The number of piperidine rings is 1. The fraction of sp³-hybridized carbons (Fsp3) is 0.526. The molecule has 3 heteroatoms. The van der Waals surface area contributed by atoms with Crippen LogP contribution in [0.15, 0.2) is 36.5 Å². The Morgan fingerprint density at radius 2 is 1.86 bits per heavy atom. The van der Waals surface area contributed by atoms with Gasteiger partial charge in [0.15, 0.2) is 0 Å².